The van der Waals surface area contributed by atoms with Crippen LogP contribution in [-0.2, 0) is 6.61 Å². The van der Waals surface area contributed by atoms with Gasteiger partial charge in [0.05, 0.1) is 5.56 Å². The number of carbonyl (C=O) groups is 1. The van der Waals surface area contributed by atoms with Gasteiger partial charge in [0.2, 0.25) is 5.75 Å². The number of amides is 1. The monoisotopic (exact) mass is 292 g/mol. The van der Waals surface area contributed by atoms with Crippen LogP contribution < -0.4 is 16.0 Å². The van der Waals surface area contributed by atoms with Gasteiger partial charge in [0, 0.05) is 0 Å². The minimum atomic E-state index is -0.643. The van der Waals surface area contributed by atoms with Gasteiger partial charge >= 0.3 is 5.82 Å². The highest BCUT2D eigenvalue weighted by atomic mass is 16.6. The second-order valence-corrected chi connectivity index (χ2v) is 4.03. The van der Waals surface area contributed by atoms with E-state index in [1.54, 1.807) is 6.92 Å². The van der Waals surface area contributed by atoms with Crippen molar-refractivity contribution < 1.29 is 18.9 Å². The summed E-state index contributed by atoms with van der Waals surface area (Å²) in [6.45, 7) is 1.52. The van der Waals surface area contributed by atoms with E-state index in [1.807, 2.05) is 5.43 Å². The average molecular weight is 292 g/mol. The fourth-order valence-electron chi connectivity index (χ4n) is 1.70. The number of carbonyl (C=O) groups excluding carboxylic acids is 1. The molecule has 9 heteroatoms. The molecule has 3 N–H and O–H groups in total. The number of aryl methyl sites for hydroxylation is 1. The van der Waals surface area contributed by atoms with Gasteiger partial charge in [0.1, 0.15) is 24.3 Å². The van der Waals surface area contributed by atoms with Crippen LogP contribution in [0.4, 0.5) is 5.82 Å². The average Bonchev–Trinajstić information content (AvgIpc) is 2.85. The van der Waals surface area contributed by atoms with Gasteiger partial charge in [0.25, 0.3) is 5.91 Å². The first-order valence-corrected chi connectivity index (χ1v) is 5.85. The third kappa shape index (κ3) is 3.15. The Morgan fingerprint density at radius 3 is 3.05 bits per heavy atom. The zero-order chi connectivity index (χ0) is 15.4. The molecule has 0 aliphatic rings. The number of nitrogen functional groups attached to an aromatic ring is 1. The molecule has 0 fully saturated rings. The first kappa shape index (κ1) is 14.5. The first-order chi connectivity index (χ1) is 10.0. The number of rotatable bonds is 5. The van der Waals surface area contributed by atoms with E-state index in [0.29, 0.717) is 11.5 Å². The molecule has 110 valence electrons. The highest BCUT2D eigenvalue weighted by molar-refractivity contribution is 5.94. The fraction of sp³-hybridized carbons (Fsp3) is 0.167. The summed E-state index contributed by atoms with van der Waals surface area (Å²) in [5, 5.41) is 10.8. The molecule has 0 radical (unpaired) electrons. The predicted octanol–water partition coefficient (Wildman–Crippen LogP) is 1.07. The van der Waals surface area contributed by atoms with Crippen molar-refractivity contribution in [2.24, 2.45) is 5.84 Å². The van der Waals surface area contributed by atoms with E-state index in [-0.39, 0.29) is 23.7 Å². The first-order valence-electron chi connectivity index (χ1n) is 5.85. The van der Waals surface area contributed by atoms with Gasteiger partial charge in [-0.05, 0) is 35.0 Å². The summed E-state index contributed by atoms with van der Waals surface area (Å²) in [6, 6.07) is 4.40. The molecule has 0 bridgehead atoms. The Bertz CT molecular complexity index is 682. The van der Waals surface area contributed by atoms with Gasteiger partial charge in [-0.2, -0.15) is 0 Å². The largest absolute Gasteiger partial charge is 0.477 e. The number of ether oxygens (including phenoxy) is 1. The smallest absolute Gasteiger partial charge is 0.406 e. The molecule has 0 saturated carbocycles. The van der Waals surface area contributed by atoms with Crippen LogP contribution in [0.15, 0.2) is 28.8 Å². The SMILES string of the molecule is Cc1oc(COc2cccnc2[N+](=O)[O-])cc1C(=O)NN. The van der Waals surface area contributed by atoms with E-state index in [1.165, 1.54) is 24.4 Å². The van der Waals surface area contributed by atoms with Crippen LogP contribution >= 0.6 is 0 Å². The Morgan fingerprint density at radius 2 is 2.38 bits per heavy atom. The molecule has 0 aliphatic heterocycles. The molecule has 0 unspecified atom stereocenters. The maximum atomic E-state index is 11.4. The summed E-state index contributed by atoms with van der Waals surface area (Å²) in [4.78, 5) is 25.2. The lowest BCUT2D eigenvalue weighted by Crippen LogP contribution is -2.30. The number of nitrogens with zero attached hydrogens (tertiary/aromatic N) is 2. The van der Waals surface area contributed by atoms with Gasteiger partial charge in [-0.15, -0.1) is 0 Å². The van der Waals surface area contributed by atoms with Gasteiger partial charge in [-0.1, -0.05) is 0 Å². The Kier molecular flexibility index (Phi) is 4.14. The highest BCUT2D eigenvalue weighted by Gasteiger charge is 2.18. The van der Waals surface area contributed by atoms with E-state index in [9.17, 15) is 14.9 Å². The zero-order valence-electron chi connectivity index (χ0n) is 11.0. The van der Waals surface area contributed by atoms with Crippen molar-refractivity contribution in [2.45, 2.75) is 13.5 Å². The number of hydrogen-bond donors (Lipinski definition) is 2. The lowest BCUT2D eigenvalue weighted by atomic mass is 10.2. The lowest BCUT2D eigenvalue weighted by molar-refractivity contribution is -0.390. The molecule has 2 heterocycles. The van der Waals surface area contributed by atoms with Crippen molar-refractivity contribution in [1.82, 2.24) is 10.4 Å². The lowest BCUT2D eigenvalue weighted by Gasteiger charge is -2.03. The summed E-state index contributed by atoms with van der Waals surface area (Å²) in [6.07, 6.45) is 1.30. The van der Waals surface area contributed by atoms with Crippen LogP contribution in [0.1, 0.15) is 21.9 Å². The quantitative estimate of drug-likeness (QED) is 0.364. The molecule has 2 aromatic heterocycles. The second kappa shape index (κ2) is 6.01. The van der Waals surface area contributed by atoms with Gasteiger partial charge in [0.15, 0.2) is 0 Å². The molecule has 0 aliphatic carbocycles. The molecule has 2 aromatic rings. The van der Waals surface area contributed by atoms with Gasteiger partial charge in [-0.3, -0.25) is 10.2 Å². The third-order valence-electron chi connectivity index (χ3n) is 2.64. The molecule has 0 saturated heterocycles. The standard InChI is InChI=1S/C12H12N4O5/c1-7-9(12(17)15-13)5-8(21-7)6-20-10-3-2-4-14-11(10)16(18)19/h2-5H,6,13H2,1H3,(H,15,17). The van der Waals surface area contributed by atoms with E-state index >= 15 is 0 Å². The summed E-state index contributed by atoms with van der Waals surface area (Å²) in [5.74, 6) is 4.89. The molecular weight excluding hydrogens is 280 g/mol. The molecular formula is C12H12N4O5. The number of nitrogens with two attached hydrogens (primary N) is 1. The summed E-state index contributed by atoms with van der Waals surface area (Å²) in [5.41, 5.74) is 2.27. The maximum absolute atomic E-state index is 11.4. The molecule has 0 spiro atoms. The summed E-state index contributed by atoms with van der Waals surface area (Å²) < 4.78 is 10.6. The zero-order valence-corrected chi connectivity index (χ0v) is 11.0. The van der Waals surface area contributed by atoms with Crippen molar-refractivity contribution in [1.29, 1.82) is 0 Å². The predicted molar refractivity (Wildman–Crippen MR) is 70.3 cm³/mol. The molecule has 1 amide bonds. The van der Waals surface area contributed by atoms with E-state index in [2.05, 4.69) is 4.98 Å². The number of furan rings is 1. The van der Waals surface area contributed by atoms with Crippen molar-refractivity contribution in [3.63, 3.8) is 0 Å². The minimum Gasteiger partial charge on any atom is -0.477 e. The summed E-state index contributed by atoms with van der Waals surface area (Å²) in [7, 11) is 0. The Labute approximate surface area is 118 Å². The maximum Gasteiger partial charge on any atom is 0.406 e. The van der Waals surface area contributed by atoms with Crippen LogP contribution in [0.5, 0.6) is 5.75 Å². The molecule has 0 aromatic carbocycles. The minimum absolute atomic E-state index is 0.0152. The Hall–Kier alpha value is -2.94. The third-order valence-corrected chi connectivity index (χ3v) is 2.64. The number of aromatic nitrogens is 1. The number of pyridine rings is 1. The number of nitro groups is 1. The van der Waals surface area contributed by atoms with E-state index in [4.69, 9.17) is 15.0 Å². The topological polar surface area (TPSA) is 134 Å². The highest BCUT2D eigenvalue weighted by Crippen LogP contribution is 2.24. The number of hydrogen-bond acceptors (Lipinski definition) is 7. The van der Waals surface area contributed by atoms with Crippen LogP contribution in [-0.4, -0.2) is 15.8 Å². The molecule has 9 nitrogen and oxygen atoms in total. The second-order valence-electron chi connectivity index (χ2n) is 4.03. The van der Waals surface area contributed by atoms with Crippen LogP contribution in [0.2, 0.25) is 0 Å². The van der Waals surface area contributed by atoms with Crippen LogP contribution in [0.25, 0.3) is 0 Å². The summed E-state index contributed by atoms with van der Waals surface area (Å²) >= 11 is 0. The normalized spacial score (nSPS) is 10.2. The van der Waals surface area contributed by atoms with Crippen LogP contribution in [0, 0.1) is 17.0 Å². The number of nitrogens with one attached hydrogen (secondary N) is 1. The van der Waals surface area contributed by atoms with Crippen molar-refractivity contribution in [3.05, 3.63) is 51.6 Å². The number of hydrazine groups is 1. The molecule has 0 atom stereocenters. The van der Waals surface area contributed by atoms with Gasteiger partial charge < -0.3 is 19.3 Å². The van der Waals surface area contributed by atoms with E-state index < -0.39 is 10.8 Å². The Balaban J connectivity index is 2.14. The van der Waals surface area contributed by atoms with Crippen LogP contribution in [0.3, 0.4) is 0 Å². The van der Waals surface area contributed by atoms with Gasteiger partial charge in [-0.25, -0.2) is 5.84 Å². The Morgan fingerprint density at radius 1 is 1.62 bits per heavy atom. The van der Waals surface area contributed by atoms with Crippen molar-refractivity contribution in [2.75, 3.05) is 0 Å². The van der Waals surface area contributed by atoms with Crippen molar-refractivity contribution in [3.8, 4) is 5.75 Å². The van der Waals surface area contributed by atoms with Crippen molar-refractivity contribution >= 4 is 11.7 Å². The molecule has 21 heavy (non-hydrogen) atoms. The fourth-order valence-corrected chi connectivity index (χ4v) is 1.70. The molecule has 2 rings (SSSR count). The van der Waals surface area contributed by atoms with E-state index in [0.717, 1.165) is 0 Å².